The normalized spacial score (nSPS) is 16.8. The van der Waals surface area contributed by atoms with Crippen molar-refractivity contribution in [2.24, 2.45) is 0 Å². The van der Waals surface area contributed by atoms with E-state index in [-0.39, 0.29) is 6.10 Å². The number of fused-ring (bicyclic) bond motifs is 1. The number of nitrogens with zero attached hydrogens (tertiary/aromatic N) is 2. The highest BCUT2D eigenvalue weighted by Gasteiger charge is 2.23. The standard InChI is InChI=1S/C18H19N3O2S/c1-22-15-7-3-2-6-14(15)18-20-13(11-24-18)10-23-16-8-4-5-12-9-19-21-17(12)16/h2-3,6-7,9,11,16H,4-5,8,10H2,1H3,(H,19,21)/t16-/m1/s1. The second-order valence-corrected chi connectivity index (χ2v) is 6.70. The second kappa shape index (κ2) is 6.75. The van der Waals surface area contributed by atoms with Crippen LogP contribution in [-0.2, 0) is 17.8 Å². The highest BCUT2D eigenvalue weighted by molar-refractivity contribution is 7.13. The Morgan fingerprint density at radius 1 is 1.33 bits per heavy atom. The molecule has 6 heteroatoms. The van der Waals surface area contributed by atoms with Crippen molar-refractivity contribution in [3.8, 4) is 16.3 Å². The molecule has 0 amide bonds. The molecule has 1 N–H and O–H groups in total. The largest absolute Gasteiger partial charge is 0.496 e. The summed E-state index contributed by atoms with van der Waals surface area (Å²) in [4.78, 5) is 4.70. The molecule has 2 aromatic heterocycles. The Labute approximate surface area is 144 Å². The molecule has 2 heterocycles. The van der Waals surface area contributed by atoms with Crippen LogP contribution in [0.25, 0.3) is 10.6 Å². The van der Waals surface area contributed by atoms with Crippen molar-refractivity contribution in [1.82, 2.24) is 15.2 Å². The van der Waals surface area contributed by atoms with E-state index in [0.29, 0.717) is 6.61 Å². The first-order valence-corrected chi connectivity index (χ1v) is 8.94. The van der Waals surface area contributed by atoms with E-state index in [2.05, 4.69) is 15.6 Å². The van der Waals surface area contributed by atoms with Gasteiger partial charge in [0.05, 0.1) is 43.0 Å². The summed E-state index contributed by atoms with van der Waals surface area (Å²) in [5, 5.41) is 10.2. The Balaban J connectivity index is 1.47. The number of para-hydroxylation sites is 1. The molecule has 0 saturated carbocycles. The Bertz CT molecular complexity index is 827. The zero-order valence-electron chi connectivity index (χ0n) is 13.5. The minimum atomic E-state index is 0.0904. The minimum Gasteiger partial charge on any atom is -0.496 e. The number of nitrogens with one attached hydrogen (secondary N) is 1. The van der Waals surface area contributed by atoms with Crippen LogP contribution in [0.15, 0.2) is 35.8 Å². The Kier molecular flexibility index (Phi) is 4.32. The predicted octanol–water partition coefficient (Wildman–Crippen LogP) is 4.14. The van der Waals surface area contributed by atoms with Gasteiger partial charge in [-0.2, -0.15) is 5.10 Å². The highest BCUT2D eigenvalue weighted by atomic mass is 32.1. The molecule has 0 fully saturated rings. The van der Waals surface area contributed by atoms with E-state index >= 15 is 0 Å². The van der Waals surface area contributed by atoms with E-state index in [1.165, 1.54) is 5.56 Å². The molecule has 0 unspecified atom stereocenters. The van der Waals surface area contributed by atoms with Crippen LogP contribution >= 0.6 is 11.3 Å². The van der Waals surface area contributed by atoms with Crippen LogP contribution in [0, 0.1) is 0 Å². The molecule has 0 spiro atoms. The maximum absolute atomic E-state index is 6.10. The number of hydrogen-bond acceptors (Lipinski definition) is 5. The van der Waals surface area contributed by atoms with Crippen LogP contribution in [0.2, 0.25) is 0 Å². The zero-order valence-corrected chi connectivity index (χ0v) is 14.3. The van der Waals surface area contributed by atoms with Gasteiger partial charge in [-0.05, 0) is 37.0 Å². The monoisotopic (exact) mass is 341 g/mol. The third kappa shape index (κ3) is 2.95. The molecular formula is C18H19N3O2S. The average molecular weight is 341 g/mol. The lowest BCUT2D eigenvalue weighted by molar-refractivity contribution is 0.0240. The predicted molar refractivity (Wildman–Crippen MR) is 93.2 cm³/mol. The number of methoxy groups -OCH3 is 1. The molecular weight excluding hydrogens is 322 g/mol. The molecule has 4 rings (SSSR count). The number of rotatable bonds is 5. The number of benzene rings is 1. The maximum atomic E-state index is 6.10. The smallest absolute Gasteiger partial charge is 0.129 e. The molecule has 0 aliphatic heterocycles. The molecule has 0 bridgehead atoms. The van der Waals surface area contributed by atoms with Crippen molar-refractivity contribution in [3.05, 3.63) is 52.8 Å². The van der Waals surface area contributed by atoms with E-state index in [4.69, 9.17) is 14.5 Å². The fourth-order valence-electron chi connectivity index (χ4n) is 3.09. The van der Waals surface area contributed by atoms with Crippen LogP contribution in [0.5, 0.6) is 5.75 Å². The summed E-state index contributed by atoms with van der Waals surface area (Å²) in [6.45, 7) is 0.509. The lowest BCUT2D eigenvalue weighted by Crippen LogP contribution is -2.12. The lowest BCUT2D eigenvalue weighted by atomic mass is 9.96. The van der Waals surface area contributed by atoms with Crippen LogP contribution in [-0.4, -0.2) is 22.3 Å². The average Bonchev–Trinajstić information content (AvgIpc) is 3.29. The lowest BCUT2D eigenvalue weighted by Gasteiger charge is -2.21. The summed E-state index contributed by atoms with van der Waals surface area (Å²) in [7, 11) is 1.68. The van der Waals surface area contributed by atoms with Gasteiger partial charge < -0.3 is 9.47 Å². The van der Waals surface area contributed by atoms with Crippen molar-refractivity contribution < 1.29 is 9.47 Å². The topological polar surface area (TPSA) is 60.0 Å². The fourth-order valence-corrected chi connectivity index (χ4v) is 3.93. The van der Waals surface area contributed by atoms with Crippen molar-refractivity contribution in [3.63, 3.8) is 0 Å². The van der Waals surface area contributed by atoms with Gasteiger partial charge in [-0.3, -0.25) is 5.10 Å². The van der Waals surface area contributed by atoms with Crippen molar-refractivity contribution in [1.29, 1.82) is 0 Å². The highest BCUT2D eigenvalue weighted by Crippen LogP contribution is 2.34. The molecule has 1 aliphatic rings. The van der Waals surface area contributed by atoms with Gasteiger partial charge in [0.25, 0.3) is 0 Å². The van der Waals surface area contributed by atoms with E-state index in [1.54, 1.807) is 18.4 Å². The van der Waals surface area contributed by atoms with E-state index in [1.807, 2.05) is 30.5 Å². The molecule has 24 heavy (non-hydrogen) atoms. The van der Waals surface area contributed by atoms with E-state index in [9.17, 15) is 0 Å². The Morgan fingerprint density at radius 3 is 3.17 bits per heavy atom. The molecule has 1 aromatic carbocycles. The number of thiazole rings is 1. The SMILES string of the molecule is COc1ccccc1-c1nc(CO[C@@H]2CCCc3cn[nH]c32)cs1. The third-order valence-corrected chi connectivity index (χ3v) is 5.23. The number of aryl methyl sites for hydroxylation is 1. The molecule has 5 nitrogen and oxygen atoms in total. The first-order chi connectivity index (χ1) is 11.8. The third-order valence-electron chi connectivity index (χ3n) is 4.31. The summed E-state index contributed by atoms with van der Waals surface area (Å²) in [6.07, 6.45) is 5.25. The summed E-state index contributed by atoms with van der Waals surface area (Å²) in [5.74, 6) is 0.841. The van der Waals surface area contributed by atoms with Gasteiger partial charge in [0.1, 0.15) is 10.8 Å². The number of aromatic amines is 1. The van der Waals surface area contributed by atoms with Crippen molar-refractivity contribution in [2.45, 2.75) is 32.0 Å². The van der Waals surface area contributed by atoms with Gasteiger partial charge in [0, 0.05) is 5.38 Å². The fraction of sp³-hybridized carbons (Fsp3) is 0.333. The van der Waals surface area contributed by atoms with Gasteiger partial charge in [-0.1, -0.05) is 12.1 Å². The van der Waals surface area contributed by atoms with Gasteiger partial charge in [-0.25, -0.2) is 4.98 Å². The molecule has 124 valence electrons. The first-order valence-electron chi connectivity index (χ1n) is 8.06. The second-order valence-electron chi connectivity index (χ2n) is 5.85. The van der Waals surface area contributed by atoms with Gasteiger partial charge in [0.15, 0.2) is 0 Å². The number of aromatic nitrogens is 3. The van der Waals surface area contributed by atoms with Crippen LogP contribution in [0.1, 0.15) is 35.9 Å². The van der Waals surface area contributed by atoms with Gasteiger partial charge >= 0.3 is 0 Å². The molecule has 0 saturated heterocycles. The molecule has 1 aliphatic carbocycles. The van der Waals surface area contributed by atoms with E-state index in [0.717, 1.165) is 47.0 Å². The summed E-state index contributed by atoms with van der Waals surface area (Å²) < 4.78 is 11.5. The number of ether oxygens (including phenoxy) is 2. The van der Waals surface area contributed by atoms with Crippen LogP contribution in [0.4, 0.5) is 0 Å². The summed E-state index contributed by atoms with van der Waals surface area (Å²) >= 11 is 1.61. The first kappa shape index (κ1) is 15.4. The van der Waals surface area contributed by atoms with Crippen molar-refractivity contribution >= 4 is 11.3 Å². The Hall–Kier alpha value is -2.18. The number of H-pyrrole nitrogens is 1. The summed E-state index contributed by atoms with van der Waals surface area (Å²) in [5.41, 5.74) is 4.37. The number of hydrogen-bond donors (Lipinski definition) is 1. The zero-order chi connectivity index (χ0) is 16.4. The van der Waals surface area contributed by atoms with Crippen LogP contribution in [0.3, 0.4) is 0 Å². The summed E-state index contributed by atoms with van der Waals surface area (Å²) in [6, 6.07) is 7.94. The molecule has 3 aromatic rings. The van der Waals surface area contributed by atoms with Crippen molar-refractivity contribution in [2.75, 3.05) is 7.11 Å². The van der Waals surface area contributed by atoms with Crippen LogP contribution < -0.4 is 4.74 Å². The van der Waals surface area contributed by atoms with E-state index < -0.39 is 0 Å². The quantitative estimate of drug-likeness (QED) is 0.758. The Morgan fingerprint density at radius 2 is 2.25 bits per heavy atom. The van der Waals surface area contributed by atoms with Gasteiger partial charge in [-0.15, -0.1) is 11.3 Å². The molecule has 0 radical (unpaired) electrons. The van der Waals surface area contributed by atoms with Gasteiger partial charge in [0.2, 0.25) is 0 Å². The molecule has 1 atom stereocenters. The minimum absolute atomic E-state index is 0.0904. The maximum Gasteiger partial charge on any atom is 0.129 e.